The Balaban J connectivity index is 1.66. The van der Waals surface area contributed by atoms with Crippen LogP contribution in [0.1, 0.15) is 47.0 Å². The molecule has 2 heterocycles. The highest BCUT2D eigenvalue weighted by Crippen LogP contribution is 2.28. The summed E-state index contributed by atoms with van der Waals surface area (Å²) in [6.07, 6.45) is 1.94. The molecule has 4 heteroatoms. The molecular weight excluding hydrogens is 378 g/mol. The Hall–Kier alpha value is -2.69. The largest absolute Gasteiger partial charge is 0.423 e. The van der Waals surface area contributed by atoms with Gasteiger partial charge in [-0.25, -0.2) is 4.79 Å². The van der Waals surface area contributed by atoms with Gasteiger partial charge in [0.1, 0.15) is 5.58 Å². The van der Waals surface area contributed by atoms with Crippen LogP contribution >= 0.6 is 11.3 Å². The van der Waals surface area contributed by atoms with Crippen LogP contribution in [0.15, 0.2) is 75.3 Å². The van der Waals surface area contributed by atoms with Gasteiger partial charge < -0.3 is 9.73 Å². The zero-order chi connectivity index (χ0) is 20.2. The van der Waals surface area contributed by atoms with Crippen molar-refractivity contribution in [2.24, 2.45) is 0 Å². The van der Waals surface area contributed by atoms with Gasteiger partial charge in [-0.3, -0.25) is 0 Å². The molecular formula is C25H25NO2S. The Morgan fingerprint density at radius 3 is 2.41 bits per heavy atom. The lowest BCUT2D eigenvalue weighted by Crippen LogP contribution is -2.22. The highest BCUT2D eigenvalue weighted by Gasteiger charge is 2.16. The fourth-order valence-corrected chi connectivity index (χ4v) is 4.46. The highest BCUT2D eigenvalue weighted by molar-refractivity contribution is 7.10. The van der Waals surface area contributed by atoms with Gasteiger partial charge in [0.25, 0.3) is 0 Å². The topological polar surface area (TPSA) is 42.2 Å². The molecule has 2 aromatic heterocycles. The standard InChI is InChI=1S/C25H25NO2S/c1-3-17-7-10-19(11-8-17)25(23-6-5-13-29-23)26-16-20-15-24(27)28-22-14-18(4-2)9-12-21(20)22/h5-15,25-26H,3-4,16H2,1-2H3/t25-/m1/s1. The smallest absolute Gasteiger partial charge is 0.336 e. The Bertz CT molecular complexity index is 1140. The molecule has 148 valence electrons. The fraction of sp³-hybridized carbons (Fsp3) is 0.240. The molecule has 0 fully saturated rings. The van der Waals surface area contributed by atoms with E-state index in [0.717, 1.165) is 23.8 Å². The number of nitrogens with one attached hydrogen (secondary N) is 1. The Morgan fingerprint density at radius 1 is 0.966 bits per heavy atom. The molecule has 0 saturated heterocycles. The molecule has 0 amide bonds. The van der Waals surface area contributed by atoms with Gasteiger partial charge in [-0.05, 0) is 52.6 Å². The van der Waals surface area contributed by atoms with Crippen molar-refractivity contribution < 1.29 is 4.42 Å². The van der Waals surface area contributed by atoms with Crippen LogP contribution in [0.5, 0.6) is 0 Å². The second kappa shape index (κ2) is 8.76. The Labute approximate surface area is 175 Å². The van der Waals surface area contributed by atoms with Crippen molar-refractivity contribution in [2.75, 3.05) is 0 Å². The lowest BCUT2D eigenvalue weighted by Gasteiger charge is -2.19. The maximum atomic E-state index is 12.1. The molecule has 2 aromatic carbocycles. The number of benzene rings is 2. The number of hydrogen-bond acceptors (Lipinski definition) is 4. The van der Waals surface area contributed by atoms with E-state index in [2.05, 4.69) is 73.1 Å². The third kappa shape index (κ3) is 4.34. The zero-order valence-electron chi connectivity index (χ0n) is 16.8. The lowest BCUT2D eigenvalue weighted by molar-refractivity contribution is 0.553. The number of fused-ring (bicyclic) bond motifs is 1. The Morgan fingerprint density at radius 2 is 1.72 bits per heavy atom. The summed E-state index contributed by atoms with van der Waals surface area (Å²) in [7, 11) is 0. The third-order valence-corrected chi connectivity index (χ3v) is 6.29. The van der Waals surface area contributed by atoms with Crippen LogP contribution < -0.4 is 10.9 Å². The van der Waals surface area contributed by atoms with Gasteiger partial charge in [0.2, 0.25) is 0 Å². The van der Waals surface area contributed by atoms with Crippen LogP contribution in [0, 0.1) is 0 Å². The zero-order valence-corrected chi connectivity index (χ0v) is 17.6. The quantitative estimate of drug-likeness (QED) is 0.393. The molecule has 1 atom stereocenters. The maximum absolute atomic E-state index is 12.1. The van der Waals surface area contributed by atoms with E-state index >= 15 is 0 Å². The summed E-state index contributed by atoms with van der Waals surface area (Å²) in [6.45, 7) is 4.85. The van der Waals surface area contributed by atoms with Crippen LogP contribution in [0.2, 0.25) is 0 Å². The average molecular weight is 404 g/mol. The van der Waals surface area contributed by atoms with Crippen molar-refractivity contribution in [1.29, 1.82) is 0 Å². The van der Waals surface area contributed by atoms with E-state index in [0.29, 0.717) is 12.1 Å². The molecule has 4 rings (SSSR count). The predicted octanol–water partition coefficient (Wildman–Crippen LogP) is 5.86. The van der Waals surface area contributed by atoms with E-state index < -0.39 is 0 Å². The van der Waals surface area contributed by atoms with Gasteiger partial charge in [0, 0.05) is 22.9 Å². The van der Waals surface area contributed by atoms with E-state index in [-0.39, 0.29) is 11.7 Å². The molecule has 0 aliphatic carbocycles. The molecule has 0 spiro atoms. The first-order chi connectivity index (χ1) is 14.2. The van der Waals surface area contributed by atoms with E-state index in [1.54, 1.807) is 17.4 Å². The van der Waals surface area contributed by atoms with E-state index in [4.69, 9.17) is 4.42 Å². The van der Waals surface area contributed by atoms with Crippen molar-refractivity contribution in [3.8, 4) is 0 Å². The predicted molar refractivity (Wildman–Crippen MR) is 121 cm³/mol. The van der Waals surface area contributed by atoms with Gasteiger partial charge >= 0.3 is 5.63 Å². The summed E-state index contributed by atoms with van der Waals surface area (Å²) in [5.41, 5.74) is 5.04. The fourth-order valence-electron chi connectivity index (χ4n) is 3.64. The molecule has 4 aromatic rings. The number of rotatable bonds is 7. The van der Waals surface area contributed by atoms with Crippen LogP contribution in [0.4, 0.5) is 0 Å². The molecule has 0 unspecified atom stereocenters. The summed E-state index contributed by atoms with van der Waals surface area (Å²) in [5, 5.41) is 6.76. The molecule has 1 N–H and O–H groups in total. The first-order valence-corrected chi connectivity index (χ1v) is 11.0. The van der Waals surface area contributed by atoms with E-state index in [1.807, 2.05) is 6.07 Å². The molecule has 3 nitrogen and oxygen atoms in total. The SMILES string of the molecule is CCc1ccc([C@@H](NCc2cc(=O)oc3cc(CC)ccc23)c2cccs2)cc1. The maximum Gasteiger partial charge on any atom is 0.336 e. The summed E-state index contributed by atoms with van der Waals surface area (Å²) >= 11 is 1.74. The second-order valence-electron chi connectivity index (χ2n) is 7.20. The number of aryl methyl sites for hydroxylation is 2. The minimum absolute atomic E-state index is 0.0816. The number of thiophene rings is 1. The molecule has 0 bridgehead atoms. The van der Waals surface area contributed by atoms with Crippen molar-refractivity contribution in [3.05, 3.63) is 104 Å². The molecule has 0 aliphatic heterocycles. The van der Waals surface area contributed by atoms with Gasteiger partial charge in [0.15, 0.2) is 0 Å². The van der Waals surface area contributed by atoms with Gasteiger partial charge in [-0.15, -0.1) is 11.3 Å². The van der Waals surface area contributed by atoms with E-state index in [9.17, 15) is 4.79 Å². The summed E-state index contributed by atoms with van der Waals surface area (Å²) in [6, 6.07) is 20.8. The van der Waals surface area contributed by atoms with Crippen LogP contribution in [0.25, 0.3) is 11.0 Å². The van der Waals surface area contributed by atoms with Crippen LogP contribution in [0.3, 0.4) is 0 Å². The van der Waals surface area contributed by atoms with Gasteiger partial charge in [-0.1, -0.05) is 56.3 Å². The third-order valence-electron chi connectivity index (χ3n) is 5.35. The molecule has 0 aliphatic rings. The average Bonchev–Trinajstić information content (AvgIpc) is 3.28. The lowest BCUT2D eigenvalue weighted by atomic mass is 10.0. The Kier molecular flexibility index (Phi) is 5.93. The first kappa shape index (κ1) is 19.6. The minimum atomic E-state index is -0.303. The molecule has 0 saturated carbocycles. The van der Waals surface area contributed by atoms with Gasteiger partial charge in [-0.2, -0.15) is 0 Å². The van der Waals surface area contributed by atoms with Crippen LogP contribution in [-0.4, -0.2) is 0 Å². The highest BCUT2D eigenvalue weighted by atomic mass is 32.1. The second-order valence-corrected chi connectivity index (χ2v) is 8.18. The van der Waals surface area contributed by atoms with Crippen molar-refractivity contribution in [3.63, 3.8) is 0 Å². The minimum Gasteiger partial charge on any atom is -0.423 e. The van der Waals surface area contributed by atoms with Crippen molar-refractivity contribution in [2.45, 2.75) is 39.3 Å². The molecule has 0 radical (unpaired) electrons. The van der Waals surface area contributed by atoms with Gasteiger partial charge in [0.05, 0.1) is 6.04 Å². The van der Waals surface area contributed by atoms with Crippen molar-refractivity contribution >= 4 is 22.3 Å². The summed E-state index contributed by atoms with van der Waals surface area (Å²) in [5.74, 6) is 0. The normalized spacial score (nSPS) is 12.3. The molecule has 29 heavy (non-hydrogen) atoms. The number of hydrogen-bond donors (Lipinski definition) is 1. The van der Waals surface area contributed by atoms with Crippen LogP contribution in [-0.2, 0) is 19.4 Å². The van der Waals surface area contributed by atoms with E-state index in [1.165, 1.54) is 21.6 Å². The first-order valence-electron chi connectivity index (χ1n) is 10.1. The summed E-state index contributed by atoms with van der Waals surface area (Å²) < 4.78 is 5.45. The monoisotopic (exact) mass is 403 g/mol. The van der Waals surface area contributed by atoms with Crippen molar-refractivity contribution in [1.82, 2.24) is 5.32 Å². The summed E-state index contributed by atoms with van der Waals surface area (Å²) in [4.78, 5) is 13.4.